The molecule has 0 radical (unpaired) electrons. The number of amides is 1. The quantitative estimate of drug-likeness (QED) is 0.691. The van der Waals surface area contributed by atoms with E-state index >= 15 is 0 Å². The van der Waals surface area contributed by atoms with Crippen LogP contribution in [0.15, 0.2) is 65.5 Å². The van der Waals surface area contributed by atoms with E-state index in [1.54, 1.807) is 61.1 Å². The molecule has 1 aromatic heterocycles. The van der Waals surface area contributed by atoms with Crippen LogP contribution in [0.4, 0.5) is 5.69 Å². The number of anilines is 1. The topological polar surface area (TPSA) is 82.3 Å². The first-order valence-corrected chi connectivity index (χ1v) is 8.81. The molecule has 1 amide bonds. The number of carbonyl (C=O) groups is 2. The SMILES string of the molecule is Cc1c(NC(=O)[C@@H](C)OC(=O)c2ccccc2)c(=O)n(-c2ccccc2)n1C. The molecule has 1 heterocycles. The molecular formula is C21H21N3O4. The lowest BCUT2D eigenvalue weighted by Crippen LogP contribution is -2.32. The minimum atomic E-state index is -1.06. The summed E-state index contributed by atoms with van der Waals surface area (Å²) in [4.78, 5) is 37.4. The van der Waals surface area contributed by atoms with Gasteiger partial charge in [0.2, 0.25) is 0 Å². The Morgan fingerprint density at radius 2 is 1.57 bits per heavy atom. The second kappa shape index (κ2) is 7.96. The molecule has 3 aromatic rings. The first kappa shape index (κ1) is 19.2. The standard InChI is InChI=1S/C21H21N3O4/c1-14-18(20(26)24(23(14)3)17-12-8-5-9-13-17)22-19(25)15(2)28-21(27)16-10-6-4-7-11-16/h4-13,15H,1-3H3,(H,22,25)/t15-/m1/s1. The fourth-order valence-corrected chi connectivity index (χ4v) is 2.79. The van der Waals surface area contributed by atoms with Crippen molar-refractivity contribution in [3.05, 3.63) is 82.3 Å². The molecule has 28 heavy (non-hydrogen) atoms. The van der Waals surface area contributed by atoms with Gasteiger partial charge in [-0.15, -0.1) is 0 Å². The molecule has 3 rings (SSSR count). The highest BCUT2D eigenvalue weighted by Gasteiger charge is 2.23. The minimum absolute atomic E-state index is 0.152. The normalized spacial score (nSPS) is 11.7. The average molecular weight is 379 g/mol. The Labute approximate surface area is 162 Å². The van der Waals surface area contributed by atoms with Gasteiger partial charge >= 0.3 is 5.97 Å². The third-order valence-corrected chi connectivity index (χ3v) is 4.46. The lowest BCUT2D eigenvalue weighted by molar-refractivity contribution is -0.123. The van der Waals surface area contributed by atoms with Crippen molar-refractivity contribution < 1.29 is 14.3 Å². The smallest absolute Gasteiger partial charge is 0.338 e. The predicted octanol–water partition coefficient (Wildman–Crippen LogP) is 2.67. The number of esters is 1. The number of ether oxygens (including phenoxy) is 1. The summed E-state index contributed by atoms with van der Waals surface area (Å²) >= 11 is 0. The van der Waals surface area contributed by atoms with Gasteiger partial charge in [-0.25, -0.2) is 9.48 Å². The average Bonchev–Trinajstić information content (AvgIpc) is 2.92. The van der Waals surface area contributed by atoms with Crippen LogP contribution in [0.3, 0.4) is 0 Å². The molecule has 7 heteroatoms. The number of hydrogen-bond acceptors (Lipinski definition) is 4. The van der Waals surface area contributed by atoms with E-state index in [0.717, 1.165) is 0 Å². The van der Waals surface area contributed by atoms with Crippen LogP contribution in [0, 0.1) is 6.92 Å². The van der Waals surface area contributed by atoms with Gasteiger partial charge in [0.1, 0.15) is 5.69 Å². The van der Waals surface area contributed by atoms with Crippen molar-refractivity contribution in [1.29, 1.82) is 0 Å². The molecule has 0 unspecified atom stereocenters. The van der Waals surface area contributed by atoms with E-state index in [1.165, 1.54) is 11.6 Å². The molecule has 2 aromatic carbocycles. The summed E-state index contributed by atoms with van der Waals surface area (Å²) in [5.74, 6) is -1.18. The van der Waals surface area contributed by atoms with Gasteiger partial charge in [0.15, 0.2) is 6.10 Å². The van der Waals surface area contributed by atoms with Gasteiger partial charge in [0.25, 0.3) is 11.5 Å². The zero-order valence-electron chi connectivity index (χ0n) is 15.9. The Morgan fingerprint density at radius 3 is 2.18 bits per heavy atom. The summed E-state index contributed by atoms with van der Waals surface area (Å²) in [5.41, 5.74) is 1.41. The highest BCUT2D eigenvalue weighted by Crippen LogP contribution is 2.15. The Hall–Kier alpha value is -3.61. The summed E-state index contributed by atoms with van der Waals surface area (Å²) in [6, 6.07) is 17.5. The minimum Gasteiger partial charge on any atom is -0.449 e. The molecule has 0 aliphatic rings. The van der Waals surface area contributed by atoms with Crippen LogP contribution < -0.4 is 10.9 Å². The van der Waals surface area contributed by atoms with Crippen LogP contribution in [0.2, 0.25) is 0 Å². The van der Waals surface area contributed by atoms with Crippen LogP contribution in [-0.2, 0) is 16.6 Å². The van der Waals surface area contributed by atoms with Crippen LogP contribution in [0.1, 0.15) is 23.0 Å². The molecule has 1 atom stereocenters. The van der Waals surface area contributed by atoms with Gasteiger partial charge in [-0.3, -0.25) is 14.3 Å². The lowest BCUT2D eigenvalue weighted by atomic mass is 10.2. The van der Waals surface area contributed by atoms with Gasteiger partial charge in [0, 0.05) is 7.05 Å². The number of carbonyl (C=O) groups excluding carboxylic acids is 2. The zero-order valence-corrected chi connectivity index (χ0v) is 15.9. The summed E-state index contributed by atoms with van der Waals surface area (Å²) in [5, 5.41) is 2.60. The molecular weight excluding hydrogens is 358 g/mol. The maximum absolute atomic E-state index is 12.8. The maximum atomic E-state index is 12.8. The lowest BCUT2D eigenvalue weighted by Gasteiger charge is -2.13. The molecule has 0 bridgehead atoms. The van der Waals surface area contributed by atoms with Gasteiger partial charge in [0.05, 0.1) is 16.9 Å². The summed E-state index contributed by atoms with van der Waals surface area (Å²) < 4.78 is 8.33. The van der Waals surface area contributed by atoms with Crippen molar-refractivity contribution in [2.75, 3.05) is 5.32 Å². The molecule has 0 saturated carbocycles. The number of nitrogens with one attached hydrogen (secondary N) is 1. The molecule has 0 fully saturated rings. The Bertz CT molecular complexity index is 1050. The van der Waals surface area contributed by atoms with E-state index in [4.69, 9.17) is 4.74 Å². The maximum Gasteiger partial charge on any atom is 0.338 e. The third-order valence-electron chi connectivity index (χ3n) is 4.46. The van der Waals surface area contributed by atoms with Gasteiger partial charge in [-0.05, 0) is 38.1 Å². The van der Waals surface area contributed by atoms with Gasteiger partial charge in [-0.1, -0.05) is 36.4 Å². The predicted molar refractivity (Wildman–Crippen MR) is 106 cm³/mol. The number of benzene rings is 2. The monoisotopic (exact) mass is 379 g/mol. The second-order valence-electron chi connectivity index (χ2n) is 6.34. The zero-order chi connectivity index (χ0) is 20.3. The van der Waals surface area contributed by atoms with E-state index in [9.17, 15) is 14.4 Å². The van der Waals surface area contributed by atoms with Crippen LogP contribution in [-0.4, -0.2) is 27.3 Å². The summed E-state index contributed by atoms with van der Waals surface area (Å²) in [6.45, 7) is 3.20. The van der Waals surface area contributed by atoms with E-state index in [2.05, 4.69) is 5.32 Å². The van der Waals surface area contributed by atoms with Crippen LogP contribution in [0.25, 0.3) is 5.69 Å². The molecule has 1 N–H and O–H groups in total. The largest absolute Gasteiger partial charge is 0.449 e. The summed E-state index contributed by atoms with van der Waals surface area (Å²) in [7, 11) is 1.73. The van der Waals surface area contributed by atoms with Crippen molar-refractivity contribution in [2.45, 2.75) is 20.0 Å². The molecule has 0 spiro atoms. The first-order chi connectivity index (χ1) is 13.4. The highest BCUT2D eigenvalue weighted by atomic mass is 16.5. The van der Waals surface area contributed by atoms with Crippen LogP contribution in [0.5, 0.6) is 0 Å². The molecule has 0 saturated heterocycles. The molecule has 0 aliphatic carbocycles. The van der Waals surface area contributed by atoms with E-state index in [0.29, 0.717) is 16.9 Å². The molecule has 0 aliphatic heterocycles. The Kier molecular flexibility index (Phi) is 5.44. The van der Waals surface area contributed by atoms with Crippen molar-refractivity contribution in [2.24, 2.45) is 7.05 Å². The fourth-order valence-electron chi connectivity index (χ4n) is 2.79. The molecule has 7 nitrogen and oxygen atoms in total. The number of para-hydroxylation sites is 1. The van der Waals surface area contributed by atoms with Crippen LogP contribution >= 0.6 is 0 Å². The van der Waals surface area contributed by atoms with Crippen molar-refractivity contribution in [1.82, 2.24) is 9.36 Å². The van der Waals surface area contributed by atoms with E-state index < -0.39 is 18.0 Å². The van der Waals surface area contributed by atoms with Crippen molar-refractivity contribution in [3.63, 3.8) is 0 Å². The third kappa shape index (κ3) is 3.73. The van der Waals surface area contributed by atoms with Crippen molar-refractivity contribution in [3.8, 4) is 5.69 Å². The number of rotatable bonds is 5. The van der Waals surface area contributed by atoms with E-state index in [1.807, 2.05) is 18.2 Å². The summed E-state index contributed by atoms with van der Waals surface area (Å²) in [6.07, 6.45) is -1.06. The van der Waals surface area contributed by atoms with Gasteiger partial charge < -0.3 is 10.1 Å². The Balaban J connectivity index is 1.79. The fraction of sp³-hybridized carbons (Fsp3) is 0.190. The highest BCUT2D eigenvalue weighted by molar-refractivity contribution is 5.97. The van der Waals surface area contributed by atoms with E-state index in [-0.39, 0.29) is 11.2 Å². The first-order valence-electron chi connectivity index (χ1n) is 8.81. The number of nitrogens with zero attached hydrogens (tertiary/aromatic N) is 2. The van der Waals surface area contributed by atoms with Crippen molar-refractivity contribution >= 4 is 17.6 Å². The number of hydrogen-bond donors (Lipinski definition) is 1. The van der Waals surface area contributed by atoms with Gasteiger partial charge in [-0.2, -0.15) is 0 Å². The number of aromatic nitrogens is 2. The molecule has 144 valence electrons. The second-order valence-corrected chi connectivity index (χ2v) is 6.34. The Morgan fingerprint density at radius 1 is 1.00 bits per heavy atom.